The van der Waals surface area contributed by atoms with Gasteiger partial charge in [0.1, 0.15) is 11.8 Å². The fraction of sp³-hybridized carbons (Fsp3) is 0.211. The third-order valence-electron chi connectivity index (χ3n) is 3.76. The molecule has 0 aromatic heterocycles. The first-order valence-electron chi connectivity index (χ1n) is 7.97. The van der Waals surface area contributed by atoms with Gasteiger partial charge in [-0.05, 0) is 42.5 Å². The van der Waals surface area contributed by atoms with E-state index in [1.165, 1.54) is 46.6 Å². The van der Waals surface area contributed by atoms with Crippen LogP contribution in [-0.4, -0.2) is 36.9 Å². The number of methoxy groups -OCH3 is 4. The van der Waals surface area contributed by atoms with Crippen LogP contribution >= 0.6 is 0 Å². The van der Waals surface area contributed by atoms with E-state index in [0.29, 0.717) is 22.7 Å². The Bertz CT molecular complexity index is 1010. The second-order valence-corrected chi connectivity index (χ2v) is 7.03. The molecule has 0 aliphatic heterocycles. The molecule has 0 bridgehead atoms. The first kappa shape index (κ1) is 20.9. The van der Waals surface area contributed by atoms with Gasteiger partial charge >= 0.3 is 0 Å². The van der Waals surface area contributed by atoms with Crippen molar-refractivity contribution in [3.63, 3.8) is 0 Å². The molecule has 0 aliphatic carbocycles. The molecule has 1 N–H and O–H groups in total. The number of nitriles is 1. The number of hydrogen-bond acceptors (Lipinski definition) is 7. The third-order valence-corrected chi connectivity index (χ3v) is 5.06. The molecule has 148 valence electrons. The molecule has 0 unspecified atom stereocenters. The monoisotopic (exact) mass is 404 g/mol. The van der Waals surface area contributed by atoms with Crippen LogP contribution in [0.4, 0.5) is 5.69 Å². The van der Waals surface area contributed by atoms with Crippen molar-refractivity contribution in [2.45, 2.75) is 0 Å². The first-order valence-corrected chi connectivity index (χ1v) is 9.46. The maximum absolute atomic E-state index is 12.6. The molecule has 0 saturated heterocycles. The topological polar surface area (TPSA) is 107 Å². The van der Waals surface area contributed by atoms with Crippen molar-refractivity contribution < 1.29 is 27.4 Å². The molecule has 28 heavy (non-hydrogen) atoms. The second kappa shape index (κ2) is 9.01. The quantitative estimate of drug-likeness (QED) is 0.674. The molecule has 0 radical (unpaired) electrons. The Kier molecular flexibility index (Phi) is 6.74. The standard InChI is InChI=1S/C19H20N2O6S/c1-24-15-8-6-14(7-9-15)21-28(22,23)16(12-20)11-13-5-10-17(25-2)19(27-4)18(13)26-3/h5-11,21H,1-4H3. The van der Waals surface area contributed by atoms with Crippen LogP contribution in [-0.2, 0) is 10.0 Å². The Hall–Kier alpha value is -3.38. The van der Waals surface area contributed by atoms with E-state index in [2.05, 4.69) is 4.72 Å². The number of anilines is 1. The number of nitrogens with one attached hydrogen (secondary N) is 1. The molecule has 0 aliphatic rings. The van der Waals surface area contributed by atoms with Crippen molar-refractivity contribution in [3.05, 3.63) is 46.9 Å². The van der Waals surface area contributed by atoms with Gasteiger partial charge in [-0.25, -0.2) is 8.42 Å². The smallest absolute Gasteiger partial charge is 0.272 e. The highest BCUT2D eigenvalue weighted by Crippen LogP contribution is 2.40. The first-order chi connectivity index (χ1) is 13.4. The number of nitrogens with zero attached hydrogens (tertiary/aromatic N) is 1. The minimum atomic E-state index is -4.12. The number of hydrogen-bond donors (Lipinski definition) is 1. The lowest BCUT2D eigenvalue weighted by atomic mass is 10.1. The molecular formula is C19H20N2O6S. The highest BCUT2D eigenvalue weighted by molar-refractivity contribution is 7.96. The minimum absolute atomic E-state index is 0.245. The minimum Gasteiger partial charge on any atom is -0.497 e. The highest BCUT2D eigenvalue weighted by atomic mass is 32.2. The van der Waals surface area contributed by atoms with Crippen molar-refractivity contribution in [1.29, 1.82) is 5.26 Å². The maximum atomic E-state index is 12.6. The fourth-order valence-electron chi connectivity index (χ4n) is 2.42. The average Bonchev–Trinajstić information content (AvgIpc) is 2.71. The van der Waals surface area contributed by atoms with E-state index in [-0.39, 0.29) is 11.5 Å². The summed E-state index contributed by atoms with van der Waals surface area (Å²) in [5, 5.41) is 9.42. The SMILES string of the molecule is COc1ccc(NS(=O)(=O)C(C#N)=Cc2ccc(OC)c(OC)c2OC)cc1. The lowest BCUT2D eigenvalue weighted by Crippen LogP contribution is -2.14. The van der Waals surface area contributed by atoms with E-state index < -0.39 is 14.9 Å². The molecule has 9 heteroatoms. The molecule has 0 fully saturated rings. The molecule has 2 aromatic carbocycles. The molecule has 2 rings (SSSR count). The summed E-state index contributed by atoms with van der Waals surface area (Å²) in [5.74, 6) is 1.52. The predicted molar refractivity (Wildman–Crippen MR) is 105 cm³/mol. The summed E-state index contributed by atoms with van der Waals surface area (Å²) in [4.78, 5) is -0.492. The molecule has 0 atom stereocenters. The number of ether oxygens (including phenoxy) is 4. The summed E-state index contributed by atoms with van der Waals surface area (Å²) in [5.41, 5.74) is 0.637. The summed E-state index contributed by atoms with van der Waals surface area (Å²) >= 11 is 0. The van der Waals surface area contributed by atoms with Crippen molar-refractivity contribution in [3.8, 4) is 29.1 Å². The normalized spacial score (nSPS) is 11.3. The zero-order chi connectivity index (χ0) is 20.7. The summed E-state index contributed by atoms with van der Waals surface area (Å²) in [7, 11) is 1.69. The van der Waals surface area contributed by atoms with Gasteiger partial charge in [0.15, 0.2) is 16.4 Å². The zero-order valence-corrected chi connectivity index (χ0v) is 16.7. The average molecular weight is 404 g/mol. The molecule has 0 spiro atoms. The van der Waals surface area contributed by atoms with Gasteiger partial charge in [-0.2, -0.15) is 5.26 Å². The number of sulfonamides is 1. The van der Waals surface area contributed by atoms with E-state index in [0.717, 1.165) is 0 Å². The molecule has 2 aromatic rings. The summed E-state index contributed by atoms with van der Waals surface area (Å²) in [6, 6.07) is 11.1. The van der Waals surface area contributed by atoms with E-state index in [9.17, 15) is 13.7 Å². The van der Waals surface area contributed by atoms with Gasteiger partial charge in [-0.1, -0.05) is 0 Å². The van der Waals surface area contributed by atoms with Crippen LogP contribution in [0.3, 0.4) is 0 Å². The molecule has 8 nitrogen and oxygen atoms in total. The van der Waals surface area contributed by atoms with E-state index in [1.807, 2.05) is 0 Å². The van der Waals surface area contributed by atoms with Crippen LogP contribution in [0.25, 0.3) is 6.08 Å². The van der Waals surface area contributed by atoms with Crippen molar-refractivity contribution in [1.82, 2.24) is 0 Å². The Morgan fingerprint density at radius 1 is 0.929 bits per heavy atom. The number of rotatable bonds is 8. The van der Waals surface area contributed by atoms with Gasteiger partial charge in [-0.15, -0.1) is 0 Å². The molecular weight excluding hydrogens is 384 g/mol. The van der Waals surface area contributed by atoms with Gasteiger partial charge in [0, 0.05) is 11.3 Å². The zero-order valence-electron chi connectivity index (χ0n) is 15.8. The van der Waals surface area contributed by atoms with Crippen molar-refractivity contribution in [2.75, 3.05) is 33.2 Å². The van der Waals surface area contributed by atoms with E-state index in [1.54, 1.807) is 30.3 Å². The summed E-state index contributed by atoms with van der Waals surface area (Å²) < 4.78 is 48.5. The van der Waals surface area contributed by atoms with Gasteiger partial charge in [0.05, 0.1) is 28.4 Å². The molecule has 0 heterocycles. The number of allylic oxidation sites excluding steroid dienone is 1. The Balaban J connectivity index is 2.45. The van der Waals surface area contributed by atoms with Crippen LogP contribution in [0.15, 0.2) is 41.3 Å². The van der Waals surface area contributed by atoms with Crippen LogP contribution < -0.4 is 23.7 Å². The van der Waals surface area contributed by atoms with Crippen LogP contribution in [0.2, 0.25) is 0 Å². The van der Waals surface area contributed by atoms with Gasteiger partial charge in [-0.3, -0.25) is 4.72 Å². The van der Waals surface area contributed by atoms with Crippen LogP contribution in [0.1, 0.15) is 5.56 Å². The van der Waals surface area contributed by atoms with E-state index >= 15 is 0 Å². The Labute approximate surface area is 164 Å². The Morgan fingerprint density at radius 3 is 2.07 bits per heavy atom. The fourth-order valence-corrected chi connectivity index (χ4v) is 3.38. The second-order valence-electron chi connectivity index (χ2n) is 5.38. The molecule has 0 amide bonds. The van der Waals surface area contributed by atoms with Gasteiger partial charge in [0.2, 0.25) is 5.75 Å². The lowest BCUT2D eigenvalue weighted by molar-refractivity contribution is 0.324. The third kappa shape index (κ3) is 4.47. The predicted octanol–water partition coefficient (Wildman–Crippen LogP) is 3.03. The van der Waals surface area contributed by atoms with Gasteiger partial charge < -0.3 is 18.9 Å². The maximum Gasteiger partial charge on any atom is 0.272 e. The van der Waals surface area contributed by atoms with Crippen LogP contribution in [0.5, 0.6) is 23.0 Å². The summed E-state index contributed by atoms with van der Waals surface area (Å²) in [6.07, 6.45) is 1.20. The number of benzene rings is 2. The van der Waals surface area contributed by atoms with Gasteiger partial charge in [0.25, 0.3) is 10.0 Å². The highest BCUT2D eigenvalue weighted by Gasteiger charge is 2.21. The van der Waals surface area contributed by atoms with Crippen LogP contribution in [0, 0.1) is 11.3 Å². The van der Waals surface area contributed by atoms with Crippen molar-refractivity contribution in [2.24, 2.45) is 0 Å². The van der Waals surface area contributed by atoms with Crippen molar-refractivity contribution >= 4 is 21.8 Å². The largest absolute Gasteiger partial charge is 0.497 e. The van der Waals surface area contributed by atoms with E-state index in [4.69, 9.17) is 18.9 Å². The Morgan fingerprint density at radius 2 is 1.57 bits per heavy atom. The summed E-state index contributed by atoms with van der Waals surface area (Å²) in [6.45, 7) is 0. The molecule has 0 saturated carbocycles. The lowest BCUT2D eigenvalue weighted by Gasteiger charge is -2.14.